The van der Waals surface area contributed by atoms with Crippen molar-refractivity contribution >= 4 is 11.6 Å². The number of carbonyl (C=O) groups is 1. The summed E-state index contributed by atoms with van der Waals surface area (Å²) >= 11 is 0. The van der Waals surface area contributed by atoms with Crippen LogP contribution < -0.4 is 14.8 Å². The minimum Gasteiger partial charge on any atom is -0.490 e. The Morgan fingerprint density at radius 3 is 2.68 bits per heavy atom. The van der Waals surface area contributed by atoms with E-state index in [1.807, 2.05) is 24.3 Å². The molecule has 0 fully saturated rings. The maximum absolute atomic E-state index is 12.3. The van der Waals surface area contributed by atoms with Crippen molar-refractivity contribution < 1.29 is 14.3 Å². The first-order chi connectivity index (χ1) is 13.7. The summed E-state index contributed by atoms with van der Waals surface area (Å²) in [4.78, 5) is 13.6. The molecule has 0 radical (unpaired) electrons. The number of nitrogens with zero attached hydrogens (tertiary/aromatic N) is 4. The van der Waals surface area contributed by atoms with Crippen molar-refractivity contribution in [1.82, 2.24) is 20.2 Å². The number of carbonyl (C=O) groups excluding carboxylic acids is 1. The highest BCUT2D eigenvalue weighted by Gasteiger charge is 2.13. The summed E-state index contributed by atoms with van der Waals surface area (Å²) in [6.07, 6.45) is 1.80. The van der Waals surface area contributed by atoms with Gasteiger partial charge in [-0.05, 0) is 29.3 Å². The molecule has 0 spiro atoms. The third-order valence-corrected chi connectivity index (χ3v) is 4.39. The van der Waals surface area contributed by atoms with Gasteiger partial charge >= 0.3 is 0 Å². The Morgan fingerprint density at radius 2 is 1.89 bits per heavy atom. The zero-order chi connectivity index (χ0) is 19.3. The van der Waals surface area contributed by atoms with E-state index in [4.69, 9.17) is 9.47 Å². The second kappa shape index (κ2) is 8.08. The number of benzene rings is 2. The molecule has 1 aliphatic heterocycles. The number of nitrogens with one attached hydrogen (secondary N) is 1. The summed E-state index contributed by atoms with van der Waals surface area (Å²) in [5.74, 6) is 1.56. The van der Waals surface area contributed by atoms with Crippen LogP contribution in [0, 0.1) is 0 Å². The van der Waals surface area contributed by atoms with Crippen LogP contribution in [-0.2, 0) is 17.8 Å². The number of aryl methyl sites for hydroxylation is 1. The molecule has 0 saturated carbocycles. The zero-order valence-electron chi connectivity index (χ0n) is 15.6. The van der Waals surface area contributed by atoms with Gasteiger partial charge in [-0.3, -0.25) is 4.79 Å². The van der Waals surface area contributed by atoms with Crippen LogP contribution in [0.2, 0.25) is 0 Å². The highest BCUT2D eigenvalue weighted by molar-refractivity contribution is 5.90. The number of ether oxygens (including phenoxy) is 2. The van der Waals surface area contributed by atoms with Crippen molar-refractivity contribution in [2.75, 3.05) is 18.5 Å². The monoisotopic (exact) mass is 379 g/mol. The third-order valence-electron chi connectivity index (χ3n) is 4.39. The summed E-state index contributed by atoms with van der Waals surface area (Å²) in [5.41, 5.74) is 2.74. The van der Waals surface area contributed by atoms with Gasteiger partial charge < -0.3 is 14.8 Å². The number of anilines is 1. The topological polar surface area (TPSA) is 91.2 Å². The van der Waals surface area contributed by atoms with Crippen LogP contribution in [0.1, 0.15) is 18.9 Å². The molecule has 1 aliphatic rings. The van der Waals surface area contributed by atoms with Gasteiger partial charge in [0.1, 0.15) is 6.54 Å². The van der Waals surface area contributed by atoms with Crippen LogP contribution in [0.3, 0.4) is 0 Å². The molecule has 144 valence electrons. The van der Waals surface area contributed by atoms with Crippen LogP contribution in [0.25, 0.3) is 11.4 Å². The van der Waals surface area contributed by atoms with E-state index in [-0.39, 0.29) is 12.5 Å². The van der Waals surface area contributed by atoms with Crippen LogP contribution >= 0.6 is 0 Å². The summed E-state index contributed by atoms with van der Waals surface area (Å²) in [6.45, 7) is 3.29. The number of amides is 1. The van der Waals surface area contributed by atoms with Gasteiger partial charge in [0.25, 0.3) is 0 Å². The van der Waals surface area contributed by atoms with Crippen molar-refractivity contribution in [1.29, 1.82) is 0 Å². The van der Waals surface area contributed by atoms with E-state index in [0.717, 1.165) is 18.4 Å². The molecule has 28 heavy (non-hydrogen) atoms. The van der Waals surface area contributed by atoms with Gasteiger partial charge in [0.05, 0.1) is 13.2 Å². The molecule has 8 heteroatoms. The van der Waals surface area contributed by atoms with Gasteiger partial charge in [0.15, 0.2) is 11.5 Å². The van der Waals surface area contributed by atoms with Crippen molar-refractivity contribution in [3.8, 4) is 22.9 Å². The molecule has 0 unspecified atom stereocenters. The molecule has 1 amide bonds. The molecule has 8 nitrogen and oxygen atoms in total. The zero-order valence-corrected chi connectivity index (χ0v) is 15.6. The number of tetrazole rings is 1. The predicted octanol–water partition coefficient (Wildman–Crippen LogP) is 2.70. The number of aromatic nitrogens is 4. The molecule has 2 heterocycles. The molecule has 1 N–H and O–H groups in total. The van der Waals surface area contributed by atoms with Crippen LogP contribution in [0.15, 0.2) is 42.5 Å². The van der Waals surface area contributed by atoms with Gasteiger partial charge in [-0.1, -0.05) is 31.2 Å². The predicted molar refractivity (Wildman–Crippen MR) is 103 cm³/mol. The Bertz CT molecular complexity index is 968. The average molecular weight is 379 g/mol. The summed E-state index contributed by atoms with van der Waals surface area (Å²) in [7, 11) is 0. The maximum Gasteiger partial charge on any atom is 0.248 e. The molecular weight excluding hydrogens is 358 g/mol. The van der Waals surface area contributed by atoms with Gasteiger partial charge in [-0.2, -0.15) is 4.80 Å². The van der Waals surface area contributed by atoms with E-state index in [0.29, 0.717) is 36.2 Å². The van der Waals surface area contributed by atoms with Gasteiger partial charge in [-0.25, -0.2) is 0 Å². The van der Waals surface area contributed by atoms with Crippen LogP contribution in [0.4, 0.5) is 5.69 Å². The van der Waals surface area contributed by atoms with E-state index in [2.05, 4.69) is 27.7 Å². The number of hydrogen-bond acceptors (Lipinski definition) is 6. The molecule has 1 aromatic heterocycles. The fourth-order valence-electron chi connectivity index (χ4n) is 2.89. The fraction of sp³-hybridized carbons (Fsp3) is 0.300. The standard InChI is InChI=1S/C20H21N5O3/c1-2-14-4-6-15(7-5-14)20-22-24-25(23-20)13-19(26)21-16-8-9-17-18(12-16)28-11-3-10-27-17/h4-9,12H,2-3,10-11,13H2,1H3,(H,21,26). The lowest BCUT2D eigenvalue weighted by Gasteiger charge is -2.10. The van der Waals surface area contributed by atoms with Crippen molar-refractivity contribution in [3.05, 3.63) is 48.0 Å². The Hall–Kier alpha value is -3.42. The molecule has 3 aromatic rings. The lowest BCUT2D eigenvalue weighted by atomic mass is 10.1. The average Bonchev–Trinajstić information content (AvgIpc) is 3.04. The Balaban J connectivity index is 1.40. The highest BCUT2D eigenvalue weighted by Crippen LogP contribution is 2.32. The van der Waals surface area contributed by atoms with Crippen LogP contribution in [-0.4, -0.2) is 39.3 Å². The van der Waals surface area contributed by atoms with E-state index in [1.165, 1.54) is 10.4 Å². The highest BCUT2D eigenvalue weighted by atomic mass is 16.5. The molecular formula is C20H21N5O3. The van der Waals surface area contributed by atoms with E-state index >= 15 is 0 Å². The molecule has 0 bridgehead atoms. The van der Waals surface area contributed by atoms with Gasteiger partial charge in [0.2, 0.25) is 11.7 Å². The second-order valence-corrected chi connectivity index (χ2v) is 6.45. The van der Waals surface area contributed by atoms with Crippen molar-refractivity contribution in [2.24, 2.45) is 0 Å². The van der Waals surface area contributed by atoms with E-state index < -0.39 is 0 Å². The Kier molecular flexibility index (Phi) is 5.18. The first-order valence-corrected chi connectivity index (χ1v) is 9.28. The summed E-state index contributed by atoms with van der Waals surface area (Å²) < 4.78 is 11.2. The first-order valence-electron chi connectivity index (χ1n) is 9.28. The second-order valence-electron chi connectivity index (χ2n) is 6.45. The summed E-state index contributed by atoms with van der Waals surface area (Å²) in [6, 6.07) is 13.3. The van der Waals surface area contributed by atoms with Gasteiger partial charge in [-0.15, -0.1) is 10.2 Å². The molecule has 0 aliphatic carbocycles. The van der Waals surface area contributed by atoms with E-state index in [1.54, 1.807) is 18.2 Å². The minimum atomic E-state index is -0.250. The lowest BCUT2D eigenvalue weighted by Crippen LogP contribution is -2.20. The van der Waals surface area contributed by atoms with E-state index in [9.17, 15) is 4.79 Å². The maximum atomic E-state index is 12.3. The smallest absolute Gasteiger partial charge is 0.248 e. The minimum absolute atomic E-state index is 0.0332. The fourth-order valence-corrected chi connectivity index (χ4v) is 2.89. The first kappa shape index (κ1) is 18.0. The molecule has 2 aromatic carbocycles. The summed E-state index contributed by atoms with van der Waals surface area (Å²) in [5, 5.41) is 15.1. The Morgan fingerprint density at radius 1 is 1.11 bits per heavy atom. The van der Waals surface area contributed by atoms with Crippen molar-refractivity contribution in [3.63, 3.8) is 0 Å². The SMILES string of the molecule is CCc1ccc(-c2nnn(CC(=O)Nc3ccc4c(c3)OCCCO4)n2)cc1. The molecule has 0 atom stereocenters. The number of rotatable bonds is 5. The molecule has 0 saturated heterocycles. The van der Waals surface area contributed by atoms with Crippen molar-refractivity contribution in [2.45, 2.75) is 26.3 Å². The quantitative estimate of drug-likeness (QED) is 0.733. The number of fused-ring (bicyclic) bond motifs is 1. The van der Waals surface area contributed by atoms with Crippen LogP contribution in [0.5, 0.6) is 11.5 Å². The largest absolute Gasteiger partial charge is 0.490 e. The third kappa shape index (κ3) is 4.11. The van der Waals surface area contributed by atoms with Gasteiger partial charge in [0, 0.05) is 23.7 Å². The molecule has 4 rings (SSSR count). The normalized spacial score (nSPS) is 13.0. The lowest BCUT2D eigenvalue weighted by molar-refractivity contribution is -0.117. The number of hydrogen-bond donors (Lipinski definition) is 1. The Labute approximate surface area is 162 Å².